The molecule has 7 heteroatoms. The highest BCUT2D eigenvalue weighted by Gasteiger charge is 2.32. The summed E-state index contributed by atoms with van der Waals surface area (Å²) in [5.74, 6) is 2.37. The molecule has 7 nitrogen and oxygen atoms in total. The summed E-state index contributed by atoms with van der Waals surface area (Å²) in [4.78, 5) is 24.4. The number of rotatable bonds is 3. The Kier molecular flexibility index (Phi) is 4.60. The molecule has 0 radical (unpaired) electrons. The molecule has 5 rings (SSSR count). The molecule has 1 aromatic carbocycles. The molecule has 28 heavy (non-hydrogen) atoms. The zero-order valence-corrected chi connectivity index (χ0v) is 15.8. The van der Waals surface area contributed by atoms with E-state index >= 15 is 0 Å². The summed E-state index contributed by atoms with van der Waals surface area (Å²) in [5.41, 5.74) is 3.23. The number of likely N-dealkylation sites (tertiary alicyclic amines) is 1. The van der Waals surface area contributed by atoms with Gasteiger partial charge in [-0.3, -0.25) is 4.79 Å². The van der Waals surface area contributed by atoms with Crippen molar-refractivity contribution in [2.24, 2.45) is 0 Å². The van der Waals surface area contributed by atoms with Gasteiger partial charge in [-0.05, 0) is 30.5 Å². The zero-order valence-electron chi connectivity index (χ0n) is 15.8. The van der Waals surface area contributed by atoms with Crippen molar-refractivity contribution in [3.05, 3.63) is 47.0 Å². The molecule has 1 saturated heterocycles. The molecule has 0 saturated carbocycles. The van der Waals surface area contributed by atoms with Gasteiger partial charge >= 0.3 is 0 Å². The molecule has 0 spiro atoms. The van der Waals surface area contributed by atoms with Crippen LogP contribution in [0.15, 0.2) is 24.4 Å². The van der Waals surface area contributed by atoms with Crippen molar-refractivity contribution < 1.29 is 14.3 Å². The summed E-state index contributed by atoms with van der Waals surface area (Å²) in [6.45, 7) is 3.64. The molecule has 0 bridgehead atoms. The van der Waals surface area contributed by atoms with Crippen LogP contribution in [0.1, 0.15) is 41.5 Å². The average molecular weight is 380 g/mol. The number of carbonyl (C=O) groups is 1. The van der Waals surface area contributed by atoms with Gasteiger partial charge in [0.25, 0.3) is 0 Å². The minimum atomic E-state index is -0.0232. The summed E-state index contributed by atoms with van der Waals surface area (Å²) in [5, 5.41) is 3.34. The Hall–Kier alpha value is -2.67. The first-order chi connectivity index (χ1) is 13.8. The Labute approximate surface area is 164 Å². The molecule has 0 aliphatic carbocycles. The van der Waals surface area contributed by atoms with E-state index in [1.807, 2.05) is 29.3 Å². The van der Waals surface area contributed by atoms with Crippen LogP contribution in [0.5, 0.6) is 11.5 Å². The van der Waals surface area contributed by atoms with Gasteiger partial charge in [0, 0.05) is 43.5 Å². The predicted octanol–water partition coefficient (Wildman–Crippen LogP) is 1.80. The summed E-state index contributed by atoms with van der Waals surface area (Å²) < 4.78 is 11.2. The number of carbonyl (C=O) groups excluding carboxylic acids is 1. The molecule has 2 aromatic rings. The van der Waals surface area contributed by atoms with Gasteiger partial charge in [0.1, 0.15) is 13.2 Å². The monoisotopic (exact) mass is 380 g/mol. The Morgan fingerprint density at radius 1 is 1.25 bits per heavy atom. The summed E-state index contributed by atoms with van der Waals surface area (Å²) in [6.07, 6.45) is 5.10. The van der Waals surface area contributed by atoms with E-state index in [4.69, 9.17) is 14.5 Å². The van der Waals surface area contributed by atoms with Crippen molar-refractivity contribution in [1.82, 2.24) is 20.2 Å². The van der Waals surface area contributed by atoms with Gasteiger partial charge in [0.15, 0.2) is 17.3 Å². The second-order valence-corrected chi connectivity index (χ2v) is 7.53. The van der Waals surface area contributed by atoms with Crippen molar-refractivity contribution in [1.29, 1.82) is 0 Å². The predicted molar refractivity (Wildman–Crippen MR) is 102 cm³/mol. The van der Waals surface area contributed by atoms with Crippen LogP contribution in [-0.4, -0.2) is 47.1 Å². The third kappa shape index (κ3) is 3.30. The van der Waals surface area contributed by atoms with Crippen LogP contribution in [-0.2, 0) is 24.2 Å². The lowest BCUT2D eigenvalue weighted by Crippen LogP contribution is -2.33. The molecular weight excluding hydrogens is 356 g/mol. The van der Waals surface area contributed by atoms with E-state index in [2.05, 4.69) is 10.3 Å². The third-order valence-electron chi connectivity index (χ3n) is 5.66. The van der Waals surface area contributed by atoms with Crippen LogP contribution in [0.25, 0.3) is 0 Å². The Morgan fingerprint density at radius 2 is 2.14 bits per heavy atom. The number of hydrogen-bond acceptors (Lipinski definition) is 6. The summed E-state index contributed by atoms with van der Waals surface area (Å²) in [6, 6.07) is 5.72. The van der Waals surface area contributed by atoms with Gasteiger partial charge in [-0.1, -0.05) is 6.07 Å². The second kappa shape index (κ2) is 7.39. The highest BCUT2D eigenvalue weighted by atomic mass is 16.6. The van der Waals surface area contributed by atoms with Crippen LogP contribution in [0.2, 0.25) is 0 Å². The van der Waals surface area contributed by atoms with Gasteiger partial charge in [-0.2, -0.15) is 0 Å². The highest BCUT2D eigenvalue weighted by molar-refractivity contribution is 5.79. The van der Waals surface area contributed by atoms with Gasteiger partial charge in [-0.15, -0.1) is 0 Å². The number of ether oxygens (including phenoxy) is 2. The normalized spacial score (nSPS) is 20.7. The first kappa shape index (κ1) is 17.4. The number of nitrogens with one attached hydrogen (secondary N) is 1. The molecule has 1 amide bonds. The van der Waals surface area contributed by atoms with Gasteiger partial charge < -0.3 is 19.7 Å². The summed E-state index contributed by atoms with van der Waals surface area (Å²) >= 11 is 0. The number of nitrogens with zero attached hydrogens (tertiary/aromatic N) is 3. The molecule has 3 aliphatic rings. The fraction of sp³-hybridized carbons (Fsp3) is 0.476. The molecule has 0 unspecified atom stereocenters. The van der Waals surface area contributed by atoms with Crippen molar-refractivity contribution >= 4 is 5.91 Å². The maximum Gasteiger partial charge on any atom is 0.227 e. The third-order valence-corrected chi connectivity index (χ3v) is 5.66. The molecule has 3 aliphatic heterocycles. The first-order valence-electron chi connectivity index (χ1n) is 10.0. The Balaban J connectivity index is 1.33. The molecule has 4 heterocycles. The van der Waals surface area contributed by atoms with E-state index in [-0.39, 0.29) is 11.9 Å². The first-order valence-corrected chi connectivity index (χ1v) is 10.0. The number of aromatic nitrogens is 2. The van der Waals surface area contributed by atoms with E-state index < -0.39 is 0 Å². The van der Waals surface area contributed by atoms with Crippen molar-refractivity contribution in [2.45, 2.75) is 38.3 Å². The lowest BCUT2D eigenvalue weighted by molar-refractivity contribution is -0.131. The highest BCUT2D eigenvalue weighted by Crippen LogP contribution is 2.33. The largest absolute Gasteiger partial charge is 0.486 e. The van der Waals surface area contributed by atoms with E-state index in [0.29, 0.717) is 19.6 Å². The molecular formula is C21H24N4O3. The van der Waals surface area contributed by atoms with Crippen LogP contribution in [0.3, 0.4) is 0 Å². The molecule has 146 valence electrons. The van der Waals surface area contributed by atoms with E-state index in [9.17, 15) is 4.79 Å². The average Bonchev–Trinajstić information content (AvgIpc) is 3.23. The number of amides is 1. The van der Waals surface area contributed by atoms with Crippen LogP contribution in [0, 0.1) is 0 Å². The second-order valence-electron chi connectivity index (χ2n) is 7.53. The number of hydrogen-bond donors (Lipinski definition) is 1. The fourth-order valence-electron chi connectivity index (χ4n) is 4.22. The van der Waals surface area contributed by atoms with Crippen LogP contribution < -0.4 is 14.8 Å². The molecule has 1 fully saturated rings. The van der Waals surface area contributed by atoms with Crippen LogP contribution >= 0.6 is 0 Å². The van der Waals surface area contributed by atoms with Gasteiger partial charge in [0.2, 0.25) is 5.91 Å². The van der Waals surface area contributed by atoms with E-state index in [0.717, 1.165) is 67.5 Å². The zero-order chi connectivity index (χ0) is 18.9. The fourth-order valence-corrected chi connectivity index (χ4v) is 4.22. The topological polar surface area (TPSA) is 76.6 Å². The summed E-state index contributed by atoms with van der Waals surface area (Å²) in [7, 11) is 0. The SMILES string of the molecule is O=C(Cc1ccc2c(c1)OCCO2)N1CCC[C@@H]1c1ncc2c(n1)CCNC2. The molecule has 1 aromatic heterocycles. The molecule has 1 atom stereocenters. The minimum absolute atomic E-state index is 0.0232. The maximum absolute atomic E-state index is 13.0. The van der Waals surface area contributed by atoms with E-state index in [1.54, 1.807) is 0 Å². The lowest BCUT2D eigenvalue weighted by atomic mass is 10.1. The van der Waals surface area contributed by atoms with Crippen molar-refractivity contribution in [2.75, 3.05) is 26.3 Å². The molecule has 1 N–H and O–H groups in total. The maximum atomic E-state index is 13.0. The standard InChI is InChI=1S/C21H24N4O3/c26-20(11-14-3-4-18-19(10-14)28-9-8-27-18)25-7-1-2-17(25)21-23-13-15-12-22-6-5-16(15)24-21/h3-4,10,13,17,22H,1-2,5-9,11-12H2/t17-/m1/s1. The van der Waals surface area contributed by atoms with Crippen molar-refractivity contribution in [3.63, 3.8) is 0 Å². The Morgan fingerprint density at radius 3 is 3.07 bits per heavy atom. The smallest absolute Gasteiger partial charge is 0.227 e. The van der Waals surface area contributed by atoms with Gasteiger partial charge in [-0.25, -0.2) is 9.97 Å². The van der Waals surface area contributed by atoms with Gasteiger partial charge in [0.05, 0.1) is 12.5 Å². The van der Waals surface area contributed by atoms with Crippen molar-refractivity contribution in [3.8, 4) is 11.5 Å². The number of fused-ring (bicyclic) bond motifs is 2. The van der Waals surface area contributed by atoms with Crippen LogP contribution in [0.4, 0.5) is 0 Å². The number of benzene rings is 1. The quantitative estimate of drug-likeness (QED) is 0.875. The van der Waals surface area contributed by atoms with E-state index in [1.165, 1.54) is 5.56 Å². The lowest BCUT2D eigenvalue weighted by Gasteiger charge is -2.25. The Bertz CT molecular complexity index is 901. The minimum Gasteiger partial charge on any atom is -0.486 e.